The molecule has 0 unspecified atom stereocenters. The molecule has 3 fully saturated rings. The molecule has 2 aliphatic heterocycles. The van der Waals surface area contributed by atoms with E-state index in [4.69, 9.17) is 0 Å². The Hall–Kier alpha value is -1.36. The van der Waals surface area contributed by atoms with Crippen molar-refractivity contribution >= 4 is 5.91 Å². The van der Waals surface area contributed by atoms with E-state index >= 15 is 0 Å². The molecule has 0 bridgehead atoms. The van der Waals surface area contributed by atoms with E-state index in [-0.39, 0.29) is 5.41 Å². The van der Waals surface area contributed by atoms with Gasteiger partial charge in [-0.05, 0) is 38.1 Å². The van der Waals surface area contributed by atoms with E-state index in [1.54, 1.807) is 0 Å². The number of nitrogens with zero attached hydrogens (tertiary/aromatic N) is 3. The molecule has 0 aromatic carbocycles. The third-order valence-electron chi connectivity index (χ3n) is 6.16. The number of imidazole rings is 1. The molecular formula is C17H26N4O. The van der Waals surface area contributed by atoms with E-state index < -0.39 is 0 Å². The number of likely N-dealkylation sites (tertiary alicyclic amines) is 1. The zero-order chi connectivity index (χ0) is 15.0. The Kier molecular flexibility index (Phi) is 3.68. The molecule has 1 aromatic heterocycles. The maximum absolute atomic E-state index is 13.2. The Bertz CT molecular complexity index is 521. The maximum atomic E-state index is 13.2. The van der Waals surface area contributed by atoms with E-state index in [0.29, 0.717) is 17.9 Å². The third-order valence-corrected chi connectivity index (χ3v) is 6.16. The highest BCUT2D eigenvalue weighted by Crippen LogP contribution is 2.45. The van der Waals surface area contributed by atoms with Crippen LogP contribution in [0.25, 0.3) is 0 Å². The van der Waals surface area contributed by atoms with Crippen LogP contribution in [0.5, 0.6) is 0 Å². The van der Waals surface area contributed by atoms with E-state index in [1.165, 1.54) is 19.3 Å². The van der Waals surface area contributed by atoms with Gasteiger partial charge in [-0.25, -0.2) is 4.98 Å². The summed E-state index contributed by atoms with van der Waals surface area (Å²) in [5, 5.41) is 3.50. The molecular weight excluding hydrogens is 276 g/mol. The zero-order valence-electron chi connectivity index (χ0n) is 13.2. The lowest BCUT2D eigenvalue weighted by Gasteiger charge is -2.43. The summed E-state index contributed by atoms with van der Waals surface area (Å²) in [6, 6.07) is 0.507. The number of amides is 1. The smallest absolute Gasteiger partial charge is 0.230 e. The average Bonchev–Trinajstić information content (AvgIpc) is 3.24. The van der Waals surface area contributed by atoms with Crippen molar-refractivity contribution in [1.29, 1.82) is 0 Å². The maximum Gasteiger partial charge on any atom is 0.230 e. The monoisotopic (exact) mass is 302 g/mol. The molecule has 22 heavy (non-hydrogen) atoms. The fourth-order valence-electron chi connectivity index (χ4n) is 4.84. The van der Waals surface area contributed by atoms with E-state index in [9.17, 15) is 4.79 Å². The first-order valence-electron chi connectivity index (χ1n) is 8.77. The molecule has 5 nitrogen and oxygen atoms in total. The Morgan fingerprint density at radius 3 is 2.86 bits per heavy atom. The number of nitrogens with one attached hydrogen (secondary N) is 1. The first kappa shape index (κ1) is 14.2. The minimum absolute atomic E-state index is 0.0832. The van der Waals surface area contributed by atoms with E-state index in [0.717, 1.165) is 45.4 Å². The molecule has 3 aliphatic rings. The summed E-state index contributed by atoms with van der Waals surface area (Å²) in [5.74, 6) is 1.01. The Labute approximate surface area is 132 Å². The molecule has 0 radical (unpaired) electrons. The SMILES string of the molecule is O=C(N1CCC(n2ccnc2)CC1)[C@@]12CCCC[C@H]1CNC2. The van der Waals surface area contributed by atoms with Gasteiger partial charge < -0.3 is 14.8 Å². The van der Waals surface area contributed by atoms with Gasteiger partial charge in [-0.2, -0.15) is 0 Å². The van der Waals surface area contributed by atoms with Gasteiger partial charge in [-0.15, -0.1) is 0 Å². The van der Waals surface area contributed by atoms with Gasteiger partial charge in [0, 0.05) is 38.1 Å². The summed E-state index contributed by atoms with van der Waals surface area (Å²) in [4.78, 5) is 19.5. The standard InChI is InChI=1S/C17H26N4O/c22-16(17-6-2-1-3-14(17)11-19-12-17)20-8-4-15(5-9-20)21-10-7-18-13-21/h7,10,13-15,19H,1-6,8-9,11-12H2/t14-,17+/m0/s1. The van der Waals surface area contributed by atoms with Gasteiger partial charge in [0.2, 0.25) is 5.91 Å². The molecule has 3 heterocycles. The highest BCUT2D eigenvalue weighted by atomic mass is 16.2. The summed E-state index contributed by atoms with van der Waals surface area (Å²) < 4.78 is 2.20. The molecule has 1 saturated carbocycles. The molecule has 4 rings (SSSR count). The van der Waals surface area contributed by atoms with Crippen LogP contribution in [-0.4, -0.2) is 46.5 Å². The first-order chi connectivity index (χ1) is 10.8. The van der Waals surface area contributed by atoms with Crippen LogP contribution in [0, 0.1) is 11.3 Å². The molecule has 1 N–H and O–H groups in total. The Morgan fingerprint density at radius 2 is 2.09 bits per heavy atom. The van der Waals surface area contributed by atoms with Gasteiger partial charge >= 0.3 is 0 Å². The summed E-state index contributed by atoms with van der Waals surface area (Å²) >= 11 is 0. The highest BCUT2D eigenvalue weighted by Gasteiger charge is 2.51. The van der Waals surface area contributed by atoms with Gasteiger partial charge in [0.1, 0.15) is 0 Å². The van der Waals surface area contributed by atoms with Crippen molar-refractivity contribution in [1.82, 2.24) is 19.8 Å². The number of piperidine rings is 1. The van der Waals surface area contributed by atoms with Crippen molar-refractivity contribution in [2.24, 2.45) is 11.3 Å². The van der Waals surface area contributed by atoms with Crippen LogP contribution in [-0.2, 0) is 4.79 Å². The van der Waals surface area contributed by atoms with Crippen LogP contribution in [0.2, 0.25) is 0 Å². The van der Waals surface area contributed by atoms with Crippen LogP contribution in [0.3, 0.4) is 0 Å². The summed E-state index contributed by atoms with van der Waals surface area (Å²) in [7, 11) is 0. The van der Waals surface area contributed by atoms with Crippen molar-refractivity contribution in [3.63, 3.8) is 0 Å². The van der Waals surface area contributed by atoms with Crippen LogP contribution in [0.1, 0.15) is 44.6 Å². The minimum atomic E-state index is -0.0832. The second-order valence-corrected chi connectivity index (χ2v) is 7.26. The molecule has 5 heteroatoms. The number of carbonyl (C=O) groups is 1. The molecule has 1 aliphatic carbocycles. The predicted molar refractivity (Wildman–Crippen MR) is 84.3 cm³/mol. The van der Waals surface area contributed by atoms with Gasteiger partial charge in [0.05, 0.1) is 11.7 Å². The fourth-order valence-corrected chi connectivity index (χ4v) is 4.84. The molecule has 1 amide bonds. The summed E-state index contributed by atoms with van der Waals surface area (Å²) in [6.45, 7) is 3.74. The van der Waals surface area contributed by atoms with Gasteiger partial charge in [0.15, 0.2) is 0 Å². The second-order valence-electron chi connectivity index (χ2n) is 7.26. The highest BCUT2D eigenvalue weighted by molar-refractivity contribution is 5.84. The van der Waals surface area contributed by atoms with Gasteiger partial charge in [-0.3, -0.25) is 4.79 Å². The van der Waals surface area contributed by atoms with Crippen LogP contribution < -0.4 is 5.32 Å². The lowest BCUT2D eigenvalue weighted by Crippen LogP contribution is -2.51. The number of hydrogen-bond donors (Lipinski definition) is 1. The lowest BCUT2D eigenvalue weighted by molar-refractivity contribution is -0.146. The number of hydrogen-bond acceptors (Lipinski definition) is 3. The number of rotatable bonds is 2. The number of fused-ring (bicyclic) bond motifs is 1. The van der Waals surface area contributed by atoms with Crippen molar-refractivity contribution < 1.29 is 4.79 Å². The second kappa shape index (κ2) is 5.69. The van der Waals surface area contributed by atoms with Crippen molar-refractivity contribution in [3.8, 4) is 0 Å². The average molecular weight is 302 g/mol. The Morgan fingerprint density at radius 1 is 1.23 bits per heavy atom. The van der Waals surface area contributed by atoms with Crippen molar-refractivity contribution in [2.45, 2.75) is 44.6 Å². The lowest BCUT2D eigenvalue weighted by atomic mass is 9.67. The Balaban J connectivity index is 1.43. The van der Waals surface area contributed by atoms with Crippen molar-refractivity contribution in [3.05, 3.63) is 18.7 Å². The van der Waals surface area contributed by atoms with Gasteiger partial charge in [0.25, 0.3) is 0 Å². The van der Waals surface area contributed by atoms with Gasteiger partial charge in [-0.1, -0.05) is 12.8 Å². The van der Waals surface area contributed by atoms with E-state index in [2.05, 4.69) is 19.8 Å². The summed E-state index contributed by atoms with van der Waals surface area (Å²) in [6.07, 6.45) is 12.7. The fraction of sp³-hybridized carbons (Fsp3) is 0.765. The van der Waals surface area contributed by atoms with Crippen LogP contribution >= 0.6 is 0 Å². The first-order valence-corrected chi connectivity index (χ1v) is 8.77. The molecule has 2 atom stereocenters. The van der Waals surface area contributed by atoms with Crippen molar-refractivity contribution in [2.75, 3.05) is 26.2 Å². The molecule has 2 saturated heterocycles. The molecule has 1 aromatic rings. The van der Waals surface area contributed by atoms with Crippen LogP contribution in [0.15, 0.2) is 18.7 Å². The normalized spacial score (nSPS) is 32.9. The number of aromatic nitrogens is 2. The molecule has 120 valence electrons. The quantitative estimate of drug-likeness (QED) is 0.907. The summed E-state index contributed by atoms with van der Waals surface area (Å²) in [5.41, 5.74) is -0.0832. The van der Waals surface area contributed by atoms with Crippen LogP contribution in [0.4, 0.5) is 0 Å². The van der Waals surface area contributed by atoms with E-state index in [1.807, 2.05) is 18.7 Å². The number of carbonyl (C=O) groups excluding carboxylic acids is 1. The largest absolute Gasteiger partial charge is 0.342 e. The zero-order valence-corrected chi connectivity index (χ0v) is 13.2. The predicted octanol–water partition coefficient (Wildman–Crippen LogP) is 1.83. The minimum Gasteiger partial charge on any atom is -0.342 e. The third kappa shape index (κ3) is 2.26. The topological polar surface area (TPSA) is 50.2 Å². The molecule has 0 spiro atoms.